The summed E-state index contributed by atoms with van der Waals surface area (Å²) < 4.78 is 41.0. The van der Waals surface area contributed by atoms with Crippen molar-refractivity contribution in [1.82, 2.24) is 24.7 Å². The van der Waals surface area contributed by atoms with Crippen LogP contribution < -0.4 is 9.80 Å². The third-order valence-electron chi connectivity index (χ3n) is 6.34. The van der Waals surface area contributed by atoms with E-state index >= 15 is 0 Å². The summed E-state index contributed by atoms with van der Waals surface area (Å²) in [6.07, 6.45) is -2.54. The van der Waals surface area contributed by atoms with Crippen molar-refractivity contribution in [3.63, 3.8) is 0 Å². The number of hydrogen-bond acceptors (Lipinski definition) is 7. The summed E-state index contributed by atoms with van der Waals surface area (Å²) in [6.45, 7) is 4.36. The predicted molar refractivity (Wildman–Crippen MR) is 124 cm³/mol. The van der Waals surface area contributed by atoms with E-state index in [1.165, 1.54) is 20.6 Å². The zero-order valence-electron chi connectivity index (χ0n) is 18.5. The lowest BCUT2D eigenvalue weighted by Crippen LogP contribution is -2.36. The van der Waals surface area contributed by atoms with Gasteiger partial charge in [0.25, 0.3) is 0 Å². The molecule has 2 aliphatic heterocycles. The average molecular weight is 486 g/mol. The van der Waals surface area contributed by atoms with Crippen LogP contribution in [0.1, 0.15) is 41.0 Å². The Balaban J connectivity index is 1.39. The molecule has 5 heterocycles. The van der Waals surface area contributed by atoms with Crippen molar-refractivity contribution in [2.75, 3.05) is 16.3 Å². The molecule has 0 bridgehead atoms. The number of alkyl halides is 3. The molecule has 0 N–H and O–H groups in total. The summed E-state index contributed by atoms with van der Waals surface area (Å²) in [5.74, 6) is 0.750. The van der Waals surface area contributed by atoms with Gasteiger partial charge in [-0.1, -0.05) is 37.6 Å². The number of hydrogen-bond donors (Lipinski definition) is 0. The van der Waals surface area contributed by atoms with Crippen LogP contribution in [-0.4, -0.2) is 31.3 Å². The number of fused-ring (bicyclic) bond motifs is 3. The molecule has 0 fully saturated rings. The van der Waals surface area contributed by atoms with E-state index in [9.17, 15) is 13.2 Å². The number of thiophene rings is 1. The molecule has 7 nitrogen and oxygen atoms in total. The highest BCUT2D eigenvalue weighted by molar-refractivity contribution is 7.18. The van der Waals surface area contributed by atoms with E-state index in [4.69, 9.17) is 9.97 Å². The number of aromatic nitrogens is 5. The van der Waals surface area contributed by atoms with Crippen LogP contribution in [0.25, 0.3) is 10.2 Å². The van der Waals surface area contributed by atoms with Crippen molar-refractivity contribution < 1.29 is 13.2 Å². The van der Waals surface area contributed by atoms with Gasteiger partial charge in [0.2, 0.25) is 11.8 Å². The summed E-state index contributed by atoms with van der Waals surface area (Å²) in [5.41, 5.74) is 2.52. The van der Waals surface area contributed by atoms with Crippen molar-refractivity contribution in [3.05, 3.63) is 58.0 Å². The zero-order valence-corrected chi connectivity index (χ0v) is 19.3. The molecular weight excluding hydrogens is 463 g/mol. The second-order valence-electron chi connectivity index (χ2n) is 8.66. The Morgan fingerprint density at radius 1 is 0.971 bits per heavy atom. The van der Waals surface area contributed by atoms with E-state index in [1.807, 2.05) is 17.0 Å². The fourth-order valence-corrected chi connectivity index (χ4v) is 5.84. The molecule has 4 aromatic rings. The Bertz CT molecular complexity index is 1350. The first kappa shape index (κ1) is 21.3. The molecule has 3 aromatic heterocycles. The fourth-order valence-electron chi connectivity index (χ4n) is 4.72. The van der Waals surface area contributed by atoms with Crippen LogP contribution in [0.15, 0.2) is 30.3 Å². The Hall–Kier alpha value is -3.21. The lowest BCUT2D eigenvalue weighted by atomic mass is 10.1. The standard InChI is InChI=1S/C23H22F3N7S/c1-2-5-16-10-17-19(31-8-9-33-18(13-31)29-30-21(33)23(24,25)26)27-22(28-20(17)34-16)32-11-14-6-3-4-7-15(14)12-32/h3-4,6-7,10H,2,5,8-9,11-13H2,1H3. The summed E-state index contributed by atoms with van der Waals surface area (Å²) >= 11 is 1.66. The molecule has 1 aromatic carbocycles. The summed E-state index contributed by atoms with van der Waals surface area (Å²) in [7, 11) is 0. The Morgan fingerprint density at radius 2 is 1.74 bits per heavy atom. The maximum atomic E-state index is 13.3. The van der Waals surface area contributed by atoms with Crippen molar-refractivity contribution in [2.24, 2.45) is 0 Å². The molecule has 11 heteroatoms. The second-order valence-corrected chi connectivity index (χ2v) is 9.78. The number of benzene rings is 1. The molecule has 0 unspecified atom stereocenters. The molecule has 176 valence electrons. The number of nitrogens with zero attached hydrogens (tertiary/aromatic N) is 7. The van der Waals surface area contributed by atoms with Crippen molar-refractivity contribution in [1.29, 1.82) is 0 Å². The van der Waals surface area contributed by atoms with Crippen LogP contribution in [0.3, 0.4) is 0 Å². The highest BCUT2D eigenvalue weighted by Gasteiger charge is 2.40. The lowest BCUT2D eigenvalue weighted by Gasteiger charge is -2.30. The van der Waals surface area contributed by atoms with E-state index in [1.54, 1.807) is 11.3 Å². The predicted octanol–water partition coefficient (Wildman–Crippen LogP) is 4.79. The number of rotatable bonds is 4. The van der Waals surface area contributed by atoms with Gasteiger partial charge in [0.1, 0.15) is 10.6 Å². The SMILES string of the molecule is CCCc1cc2c(N3CCn4c(nnc4C(F)(F)F)C3)nc(N3Cc4ccccc4C3)nc2s1. The van der Waals surface area contributed by atoms with Crippen molar-refractivity contribution in [3.8, 4) is 0 Å². The smallest absolute Gasteiger partial charge is 0.347 e. The fraction of sp³-hybridized carbons (Fsp3) is 0.391. The van der Waals surface area contributed by atoms with Crippen LogP contribution in [0.2, 0.25) is 0 Å². The average Bonchev–Trinajstić information content (AvgIpc) is 3.53. The molecule has 0 atom stereocenters. The van der Waals surface area contributed by atoms with Gasteiger partial charge in [-0.05, 0) is 23.6 Å². The van der Waals surface area contributed by atoms with Gasteiger partial charge < -0.3 is 14.4 Å². The Morgan fingerprint density at radius 3 is 2.44 bits per heavy atom. The summed E-state index contributed by atoms with van der Waals surface area (Å²) in [4.78, 5) is 16.2. The third-order valence-corrected chi connectivity index (χ3v) is 7.43. The van der Waals surface area contributed by atoms with Gasteiger partial charge in [-0.3, -0.25) is 0 Å². The quantitative estimate of drug-likeness (QED) is 0.414. The summed E-state index contributed by atoms with van der Waals surface area (Å²) in [5, 5.41) is 8.20. The van der Waals surface area contributed by atoms with Gasteiger partial charge in [-0.15, -0.1) is 21.5 Å². The van der Waals surface area contributed by atoms with Crippen LogP contribution in [0.4, 0.5) is 24.9 Å². The minimum absolute atomic E-state index is 0.152. The van der Waals surface area contributed by atoms with Gasteiger partial charge in [-0.2, -0.15) is 18.2 Å². The monoisotopic (exact) mass is 485 g/mol. The molecule has 0 saturated heterocycles. The van der Waals surface area contributed by atoms with Gasteiger partial charge in [0.15, 0.2) is 5.82 Å². The minimum Gasteiger partial charge on any atom is -0.347 e. The van der Waals surface area contributed by atoms with E-state index in [0.29, 0.717) is 18.3 Å². The maximum Gasteiger partial charge on any atom is 0.451 e. The van der Waals surface area contributed by atoms with Crippen LogP contribution in [-0.2, 0) is 38.8 Å². The number of anilines is 2. The van der Waals surface area contributed by atoms with E-state index in [-0.39, 0.29) is 13.1 Å². The Labute approximate surface area is 197 Å². The topological polar surface area (TPSA) is 63.0 Å². The minimum atomic E-state index is -4.52. The number of aryl methyl sites for hydroxylation is 1. The van der Waals surface area contributed by atoms with Crippen LogP contribution in [0.5, 0.6) is 0 Å². The molecule has 0 amide bonds. The largest absolute Gasteiger partial charge is 0.451 e. The third kappa shape index (κ3) is 3.58. The summed E-state index contributed by atoms with van der Waals surface area (Å²) in [6, 6.07) is 10.4. The molecule has 0 aliphatic carbocycles. The molecule has 2 aliphatic rings. The molecule has 0 spiro atoms. The molecule has 34 heavy (non-hydrogen) atoms. The highest BCUT2D eigenvalue weighted by atomic mass is 32.1. The normalized spacial score (nSPS) is 15.8. The first-order valence-corrected chi connectivity index (χ1v) is 12.1. The first-order valence-electron chi connectivity index (χ1n) is 11.3. The van der Waals surface area contributed by atoms with Crippen LogP contribution >= 0.6 is 11.3 Å². The van der Waals surface area contributed by atoms with Crippen molar-refractivity contribution >= 4 is 33.3 Å². The molecular formula is C23H22F3N7S. The van der Waals surface area contributed by atoms with E-state index in [0.717, 1.165) is 42.0 Å². The molecule has 0 radical (unpaired) electrons. The molecule has 6 rings (SSSR count). The zero-order chi connectivity index (χ0) is 23.4. The van der Waals surface area contributed by atoms with Crippen LogP contribution in [0, 0.1) is 0 Å². The lowest BCUT2D eigenvalue weighted by molar-refractivity contribution is -0.147. The maximum absolute atomic E-state index is 13.3. The van der Waals surface area contributed by atoms with Gasteiger partial charge in [0.05, 0.1) is 11.9 Å². The molecule has 0 saturated carbocycles. The number of halogens is 3. The van der Waals surface area contributed by atoms with E-state index < -0.39 is 12.0 Å². The highest BCUT2D eigenvalue weighted by Crippen LogP contribution is 2.37. The van der Waals surface area contributed by atoms with Gasteiger partial charge in [-0.25, -0.2) is 4.98 Å². The van der Waals surface area contributed by atoms with E-state index in [2.05, 4.69) is 40.2 Å². The van der Waals surface area contributed by atoms with Crippen molar-refractivity contribution in [2.45, 2.75) is 52.1 Å². The van der Waals surface area contributed by atoms with Gasteiger partial charge >= 0.3 is 6.18 Å². The Kier molecular flexibility index (Phi) is 4.98. The second kappa shape index (κ2) is 7.93. The first-order chi connectivity index (χ1) is 16.4. The van der Waals surface area contributed by atoms with Gasteiger partial charge in [0, 0.05) is 31.1 Å².